The molecule has 0 saturated heterocycles. The minimum Gasteiger partial charge on any atom is -0.489 e. The number of fused-ring (bicyclic) bond motifs is 1. The van der Waals surface area contributed by atoms with E-state index in [2.05, 4.69) is 55.4 Å². The highest BCUT2D eigenvalue weighted by Gasteiger charge is 2.34. The van der Waals surface area contributed by atoms with Gasteiger partial charge in [0.25, 0.3) is 0 Å². The van der Waals surface area contributed by atoms with E-state index < -0.39 is 5.41 Å². The molecule has 4 nitrogen and oxygen atoms in total. The summed E-state index contributed by atoms with van der Waals surface area (Å²) in [6.45, 7) is 24.5. The Labute approximate surface area is 247 Å². The maximum Gasteiger partial charge on any atom is 0.311 e. The molecule has 0 saturated carbocycles. The van der Waals surface area contributed by atoms with Gasteiger partial charge < -0.3 is 14.2 Å². The minimum atomic E-state index is -0.498. The zero-order valence-corrected chi connectivity index (χ0v) is 28.1. The molecule has 2 rings (SSSR count). The van der Waals surface area contributed by atoms with E-state index in [1.54, 1.807) is 0 Å². The molecule has 0 radical (unpaired) electrons. The van der Waals surface area contributed by atoms with E-state index >= 15 is 0 Å². The van der Waals surface area contributed by atoms with Gasteiger partial charge in [0, 0.05) is 5.56 Å². The zero-order valence-electron chi connectivity index (χ0n) is 28.1. The number of ether oxygens (including phenoxy) is 3. The molecule has 0 aliphatic carbocycles. The van der Waals surface area contributed by atoms with Gasteiger partial charge in [-0.2, -0.15) is 0 Å². The molecule has 1 aromatic rings. The quantitative estimate of drug-likeness (QED) is 0.150. The lowest BCUT2D eigenvalue weighted by molar-refractivity contribution is -0.153. The normalized spacial score (nSPS) is 18.7. The number of rotatable bonds is 16. The van der Waals surface area contributed by atoms with Crippen molar-refractivity contribution >= 4 is 5.97 Å². The van der Waals surface area contributed by atoms with E-state index in [0.29, 0.717) is 6.61 Å². The van der Waals surface area contributed by atoms with Gasteiger partial charge in [-0.25, -0.2) is 0 Å². The van der Waals surface area contributed by atoms with E-state index in [-0.39, 0.29) is 18.2 Å². The second-order valence-corrected chi connectivity index (χ2v) is 14.7. The van der Waals surface area contributed by atoms with Crippen LogP contribution in [0.25, 0.3) is 0 Å². The van der Waals surface area contributed by atoms with Crippen LogP contribution in [0, 0.1) is 43.9 Å². The average molecular weight is 559 g/mol. The topological polar surface area (TPSA) is 44.8 Å². The fourth-order valence-corrected chi connectivity index (χ4v) is 5.97. The smallest absolute Gasteiger partial charge is 0.311 e. The Morgan fingerprint density at radius 1 is 0.850 bits per heavy atom. The maximum atomic E-state index is 12.1. The van der Waals surface area contributed by atoms with Crippen molar-refractivity contribution in [3.8, 4) is 11.5 Å². The molecule has 1 aromatic carbocycles. The first-order valence-electron chi connectivity index (χ1n) is 16.3. The summed E-state index contributed by atoms with van der Waals surface area (Å²) in [6.07, 6.45) is 13.9. The minimum absolute atomic E-state index is 0.106. The molecule has 0 aromatic heterocycles. The summed E-state index contributed by atoms with van der Waals surface area (Å²) in [7, 11) is 0. The van der Waals surface area contributed by atoms with Gasteiger partial charge in [0.05, 0.1) is 5.41 Å². The number of hydrogen-bond donors (Lipinski definition) is 0. The summed E-state index contributed by atoms with van der Waals surface area (Å²) in [6, 6.07) is 0. The highest BCUT2D eigenvalue weighted by molar-refractivity contribution is 5.75. The summed E-state index contributed by atoms with van der Waals surface area (Å²) in [5.74, 6) is 4.27. The molecule has 4 heteroatoms. The van der Waals surface area contributed by atoms with E-state index in [1.165, 1.54) is 62.5 Å². The average Bonchev–Trinajstić information content (AvgIpc) is 2.85. The molecular formula is C36H62O4. The molecule has 0 fully saturated rings. The van der Waals surface area contributed by atoms with Crippen LogP contribution in [0.3, 0.4) is 0 Å². The number of hydrogen-bond acceptors (Lipinski definition) is 4. The number of carbonyl (C=O) groups excluding carboxylic acids is 1. The lowest BCUT2D eigenvalue weighted by atomic mass is 9.83. The van der Waals surface area contributed by atoms with E-state index in [0.717, 1.165) is 59.6 Å². The summed E-state index contributed by atoms with van der Waals surface area (Å²) < 4.78 is 18.3. The van der Waals surface area contributed by atoms with Crippen LogP contribution in [0.5, 0.6) is 11.5 Å². The molecule has 3 atom stereocenters. The Kier molecular flexibility index (Phi) is 13.4. The van der Waals surface area contributed by atoms with Gasteiger partial charge in [-0.3, -0.25) is 4.79 Å². The van der Waals surface area contributed by atoms with Crippen molar-refractivity contribution in [1.29, 1.82) is 0 Å². The standard InChI is InChI=1S/C36H62O4/c1-25(2)15-12-16-26(3)17-13-18-27(4)19-14-21-36(11)22-20-31-30(7)32(28(5)29(6)33(31)40-36)38-23-24-39-34(37)35(8,9)10/h25-27H,12-24H2,1-11H3/t26-,27-,36-/m1/s1. The van der Waals surface area contributed by atoms with E-state index in [1.807, 2.05) is 20.8 Å². The van der Waals surface area contributed by atoms with Crippen LogP contribution in [0.2, 0.25) is 0 Å². The molecule has 0 unspecified atom stereocenters. The van der Waals surface area contributed by atoms with Gasteiger partial charge in [0.15, 0.2) is 0 Å². The third-order valence-electron chi connectivity index (χ3n) is 9.01. The molecule has 1 aliphatic rings. The second-order valence-electron chi connectivity index (χ2n) is 14.7. The largest absolute Gasteiger partial charge is 0.489 e. The van der Waals surface area contributed by atoms with Gasteiger partial charge in [-0.15, -0.1) is 0 Å². The van der Waals surface area contributed by atoms with Crippen molar-refractivity contribution < 1.29 is 19.0 Å². The highest BCUT2D eigenvalue weighted by atomic mass is 16.6. The second kappa shape index (κ2) is 15.5. The van der Waals surface area contributed by atoms with Crippen LogP contribution in [0.15, 0.2) is 0 Å². The Balaban J connectivity index is 1.84. The first-order valence-corrected chi connectivity index (χ1v) is 16.3. The third kappa shape index (κ3) is 10.6. The summed E-state index contributed by atoms with van der Waals surface area (Å²) in [4.78, 5) is 12.1. The SMILES string of the molecule is Cc1c(C)c2c(c(C)c1OCCOC(=O)C(C)(C)C)CC[C@@](C)(CCC[C@H](C)CCC[C@H](C)CCCC(C)C)O2. The Hall–Kier alpha value is -1.71. The van der Waals surface area contributed by atoms with Crippen LogP contribution in [-0.2, 0) is 16.0 Å². The molecule has 0 amide bonds. The number of benzene rings is 1. The Morgan fingerprint density at radius 3 is 2.00 bits per heavy atom. The molecule has 40 heavy (non-hydrogen) atoms. The van der Waals surface area contributed by atoms with Crippen molar-refractivity contribution in [3.63, 3.8) is 0 Å². The molecule has 1 heterocycles. The van der Waals surface area contributed by atoms with E-state index in [9.17, 15) is 4.79 Å². The predicted molar refractivity (Wildman–Crippen MR) is 169 cm³/mol. The lowest BCUT2D eigenvalue weighted by Gasteiger charge is -2.38. The van der Waals surface area contributed by atoms with Crippen LogP contribution < -0.4 is 9.47 Å². The summed E-state index contributed by atoms with van der Waals surface area (Å²) >= 11 is 0. The molecule has 0 N–H and O–H groups in total. The monoisotopic (exact) mass is 558 g/mol. The van der Waals surface area contributed by atoms with Gasteiger partial charge in [0.1, 0.15) is 30.3 Å². The van der Waals surface area contributed by atoms with Crippen molar-refractivity contribution in [2.24, 2.45) is 23.2 Å². The molecule has 230 valence electrons. The predicted octanol–water partition coefficient (Wildman–Crippen LogP) is 10.1. The molecule has 0 bridgehead atoms. The Morgan fingerprint density at radius 2 is 1.43 bits per heavy atom. The summed E-state index contributed by atoms with van der Waals surface area (Å²) in [5.41, 5.74) is 4.12. The van der Waals surface area contributed by atoms with Gasteiger partial charge in [-0.1, -0.05) is 72.6 Å². The fraction of sp³-hybridized carbons (Fsp3) is 0.806. The Bertz CT molecular complexity index is 941. The number of carbonyl (C=O) groups is 1. The first kappa shape index (κ1) is 34.5. The first-order chi connectivity index (χ1) is 18.6. The maximum absolute atomic E-state index is 12.1. The fourth-order valence-electron chi connectivity index (χ4n) is 5.97. The van der Waals surface area contributed by atoms with Crippen LogP contribution in [-0.4, -0.2) is 24.8 Å². The van der Waals surface area contributed by atoms with Crippen LogP contribution >= 0.6 is 0 Å². The summed E-state index contributed by atoms with van der Waals surface area (Å²) in [5, 5.41) is 0. The van der Waals surface area contributed by atoms with Gasteiger partial charge >= 0.3 is 5.97 Å². The van der Waals surface area contributed by atoms with Crippen molar-refractivity contribution in [2.75, 3.05) is 13.2 Å². The van der Waals surface area contributed by atoms with Gasteiger partial charge in [-0.05, 0) is 109 Å². The van der Waals surface area contributed by atoms with Crippen molar-refractivity contribution in [3.05, 3.63) is 22.3 Å². The third-order valence-corrected chi connectivity index (χ3v) is 9.01. The van der Waals surface area contributed by atoms with Crippen molar-refractivity contribution in [2.45, 2.75) is 152 Å². The molecular weight excluding hydrogens is 496 g/mol. The molecule has 1 aliphatic heterocycles. The lowest BCUT2D eigenvalue weighted by Crippen LogP contribution is -2.37. The van der Waals surface area contributed by atoms with Gasteiger partial charge in [0.2, 0.25) is 0 Å². The van der Waals surface area contributed by atoms with Crippen molar-refractivity contribution in [1.82, 2.24) is 0 Å². The zero-order chi connectivity index (χ0) is 30.1. The van der Waals surface area contributed by atoms with Crippen LogP contribution in [0.1, 0.15) is 142 Å². The number of esters is 1. The van der Waals surface area contributed by atoms with Crippen LogP contribution in [0.4, 0.5) is 0 Å². The highest BCUT2D eigenvalue weighted by Crippen LogP contribution is 2.45. The molecule has 0 spiro atoms. The van der Waals surface area contributed by atoms with E-state index in [4.69, 9.17) is 14.2 Å².